The Labute approximate surface area is 403 Å². The minimum Gasteiger partial charge on any atom is -0.480 e. The first-order valence-electron chi connectivity index (χ1n) is 22.5. The Morgan fingerprint density at radius 2 is 0.718 bits per heavy atom. The predicted octanol–water partition coefficient (Wildman–Crippen LogP) is -13.4. The van der Waals surface area contributed by atoms with Crippen LogP contribution in [0.3, 0.4) is 0 Å². The molecule has 0 bridgehead atoms. The van der Waals surface area contributed by atoms with Crippen LogP contribution >= 0.6 is 0 Å². The van der Waals surface area contributed by atoms with E-state index in [4.69, 9.17) is 52.5 Å². The van der Waals surface area contributed by atoms with Gasteiger partial charge in [0.2, 0.25) is 0 Å². The van der Waals surface area contributed by atoms with Crippen molar-refractivity contribution in [3.05, 3.63) is 0 Å². The molecule has 416 valence electrons. The van der Waals surface area contributed by atoms with Gasteiger partial charge in [0, 0.05) is 6.54 Å². The molecule has 14 unspecified atom stereocenters. The Bertz CT molecular complexity index is 1600. The Morgan fingerprint density at radius 1 is 0.437 bits per heavy atom. The van der Waals surface area contributed by atoms with Gasteiger partial charge in [-0.25, -0.2) is 0 Å². The van der Waals surface area contributed by atoms with Crippen LogP contribution in [-0.4, -0.2) is 345 Å². The van der Waals surface area contributed by atoms with Crippen molar-refractivity contribution in [1.82, 2.24) is 4.90 Å². The molecule has 28 atom stereocenters. The molecule has 32 nitrogen and oxygen atoms in total. The van der Waals surface area contributed by atoms with Gasteiger partial charge in [0.15, 0.2) is 31.5 Å². The molecule has 0 radical (unpaired) electrons. The summed E-state index contributed by atoms with van der Waals surface area (Å²) in [6.07, 6.45) is -50.9. The van der Waals surface area contributed by atoms with E-state index in [1.54, 1.807) is 0 Å². The van der Waals surface area contributed by atoms with Crippen LogP contribution in [0.4, 0.5) is 0 Å². The third kappa shape index (κ3) is 14.8. The van der Waals surface area contributed by atoms with Crippen LogP contribution in [0.2, 0.25) is 0 Å². The summed E-state index contributed by atoms with van der Waals surface area (Å²) in [4.78, 5) is 12.2. The van der Waals surface area contributed by atoms with Gasteiger partial charge in [0.05, 0.1) is 52.3 Å². The van der Waals surface area contributed by atoms with Crippen molar-refractivity contribution in [1.29, 1.82) is 0 Å². The normalized spacial score (nSPS) is 45.9. The van der Waals surface area contributed by atoms with E-state index < -0.39 is 217 Å². The summed E-state index contributed by atoms with van der Waals surface area (Å²) >= 11 is 0. The van der Waals surface area contributed by atoms with Gasteiger partial charge in [-0.1, -0.05) is 0 Å². The zero-order chi connectivity index (χ0) is 52.8. The van der Waals surface area contributed by atoms with Crippen molar-refractivity contribution >= 4 is 5.97 Å². The van der Waals surface area contributed by atoms with E-state index in [-0.39, 0.29) is 19.5 Å². The maximum absolute atomic E-state index is 10.9. The highest BCUT2D eigenvalue weighted by Gasteiger charge is 2.52. The molecule has 0 aromatic rings. The van der Waals surface area contributed by atoms with Crippen molar-refractivity contribution in [2.75, 3.05) is 59.8 Å². The lowest BCUT2D eigenvalue weighted by molar-refractivity contribution is -0.351. The zero-order valence-electron chi connectivity index (χ0n) is 37.9. The van der Waals surface area contributed by atoms with Crippen LogP contribution in [0.15, 0.2) is 0 Å². The Kier molecular flexibility index (Phi) is 22.7. The average molecular weight is 1050 g/mol. The third-order valence-corrected chi connectivity index (χ3v) is 12.7. The van der Waals surface area contributed by atoms with Crippen molar-refractivity contribution in [2.24, 2.45) is 0 Å². The van der Waals surface area contributed by atoms with E-state index >= 15 is 0 Å². The van der Waals surface area contributed by atoms with Gasteiger partial charge >= 0.3 is 5.97 Å². The fourth-order valence-corrected chi connectivity index (χ4v) is 8.11. The zero-order valence-corrected chi connectivity index (χ0v) is 37.9. The van der Waals surface area contributed by atoms with Gasteiger partial charge in [-0.3, -0.25) is 9.69 Å². The maximum Gasteiger partial charge on any atom is 0.317 e. The van der Waals surface area contributed by atoms with Crippen LogP contribution in [0.25, 0.3) is 0 Å². The molecule has 0 amide bonds. The summed E-state index contributed by atoms with van der Waals surface area (Å²) in [5.74, 6) is -1.13. The molecule has 5 aliphatic heterocycles. The number of nitrogens with zero attached hydrogens (tertiary/aromatic N) is 1. The quantitative estimate of drug-likeness (QED) is 0.0452. The van der Waals surface area contributed by atoms with Crippen LogP contribution in [0, 0.1) is 0 Å². The van der Waals surface area contributed by atoms with E-state index in [0.29, 0.717) is 0 Å². The van der Waals surface area contributed by atoms with Gasteiger partial charge in [0.1, 0.15) is 134 Å². The Morgan fingerprint density at radius 3 is 1.01 bits per heavy atom. The number of carboxylic acid groups (broad SMARTS) is 1. The van der Waals surface area contributed by atoms with E-state index in [2.05, 4.69) is 0 Å². The van der Waals surface area contributed by atoms with Crippen molar-refractivity contribution in [2.45, 2.75) is 178 Å². The standard InChI is InChI=1S/C39H69NO31/c1-40(4-18(44)45)3-2-11(42)19(46)12(43)6-62-35-31(58)26(53)21(48)14(68-35)8-64-37-33(60)28(55)23(50)16(70-37)10-66-39-34(61)29(56)24(51)17(71-39)9-65-38-32(59)27(54)22(49)15(69-38)7-63-36-30(57)25(52)20(47)13(5-41)67-36/h11-17,19-39,41-43,46-61H,2-10H2,1H3,(H,44,45)/t11-,12?,13?,14?,15?,16-,17?,19+,20-,21-,22?,23?,24-,25?,26?,27+,28+,29?,30-,31-,32?,33?,34-,35?,36?,37-,38-,39-/m1/s1. The highest BCUT2D eigenvalue weighted by atomic mass is 16.8. The lowest BCUT2D eigenvalue weighted by Crippen LogP contribution is -2.63. The Hall–Kier alpha value is -1.73. The smallest absolute Gasteiger partial charge is 0.317 e. The average Bonchev–Trinajstić information content (AvgIpc) is 3.34. The lowest BCUT2D eigenvalue weighted by atomic mass is 9.97. The van der Waals surface area contributed by atoms with Crippen LogP contribution in [0.1, 0.15) is 6.42 Å². The van der Waals surface area contributed by atoms with Crippen LogP contribution < -0.4 is 0 Å². The Balaban J connectivity index is 1.12. The second-order valence-electron chi connectivity index (χ2n) is 18.0. The van der Waals surface area contributed by atoms with Gasteiger partial charge in [-0.2, -0.15) is 0 Å². The summed E-state index contributed by atoms with van der Waals surface area (Å²) in [6.45, 7) is -4.98. The first-order valence-corrected chi connectivity index (χ1v) is 22.5. The van der Waals surface area contributed by atoms with E-state index in [1.807, 2.05) is 0 Å². The predicted molar refractivity (Wildman–Crippen MR) is 218 cm³/mol. The number of hydrogen-bond donors (Lipinski definition) is 20. The van der Waals surface area contributed by atoms with Crippen molar-refractivity contribution in [3.8, 4) is 0 Å². The minimum absolute atomic E-state index is 0.0256. The molecule has 0 saturated carbocycles. The molecule has 5 rings (SSSR count). The number of likely N-dealkylation sites (N-methyl/N-ethyl adjacent to an activating group) is 1. The SMILES string of the molecule is CN(CC[C@@H](O)[C@H](O)C(O)COC1OC(CO[C@@H]2O[C@H](CO[C@@H]3OC(CO[C@@H]4OC(COC5OC(CO)[C@@H](O)C(O)[C@H]5O)C(O)[C@H](O)C4O)[C@@H](O)C(O)[C@H]3O)C(O)[C@H](O)C2O)[C@@H](O)C(O)[C@H]1O)CC(=O)O. The molecule has 32 heteroatoms. The van der Waals surface area contributed by atoms with Crippen LogP contribution in [0.5, 0.6) is 0 Å². The number of aliphatic hydroxyl groups excluding tert-OH is 19. The van der Waals surface area contributed by atoms with E-state index in [9.17, 15) is 102 Å². The second kappa shape index (κ2) is 26.8. The largest absolute Gasteiger partial charge is 0.480 e. The molecular formula is C39H69NO31. The molecule has 71 heavy (non-hydrogen) atoms. The highest BCUT2D eigenvalue weighted by Crippen LogP contribution is 2.31. The van der Waals surface area contributed by atoms with Crippen molar-refractivity contribution in [3.63, 3.8) is 0 Å². The second-order valence-corrected chi connectivity index (χ2v) is 18.0. The number of carboxylic acids is 1. The molecule has 5 heterocycles. The summed E-state index contributed by atoms with van der Waals surface area (Å²) in [5.41, 5.74) is 0. The molecule has 5 aliphatic rings. The van der Waals surface area contributed by atoms with Gasteiger partial charge < -0.3 is 149 Å². The number of aliphatic carboxylic acids is 1. The molecule has 20 N–H and O–H groups in total. The summed E-state index contributed by atoms with van der Waals surface area (Å²) in [5, 5.41) is 207. The number of ether oxygens (including phenoxy) is 10. The molecular weight excluding hydrogens is 978 g/mol. The monoisotopic (exact) mass is 1050 g/mol. The highest BCUT2D eigenvalue weighted by molar-refractivity contribution is 5.69. The molecule has 5 saturated heterocycles. The number of carbonyl (C=O) groups is 1. The van der Waals surface area contributed by atoms with Crippen molar-refractivity contribution < 1.29 is 154 Å². The summed E-state index contributed by atoms with van der Waals surface area (Å²) in [6, 6.07) is 0. The minimum atomic E-state index is -2.02. The number of rotatable bonds is 23. The number of hydrogen-bond acceptors (Lipinski definition) is 31. The summed E-state index contributed by atoms with van der Waals surface area (Å²) < 4.78 is 54.7. The topological polar surface area (TPSA) is 517 Å². The fraction of sp³-hybridized carbons (Fsp3) is 0.974. The third-order valence-electron chi connectivity index (χ3n) is 12.7. The fourth-order valence-electron chi connectivity index (χ4n) is 8.11. The van der Waals surface area contributed by atoms with Gasteiger partial charge in [-0.05, 0) is 13.5 Å². The first-order chi connectivity index (χ1) is 33.4. The number of aliphatic hydroxyl groups is 19. The molecule has 0 spiro atoms. The van der Waals surface area contributed by atoms with Crippen LogP contribution in [-0.2, 0) is 52.2 Å². The first kappa shape index (κ1) is 60.1. The van der Waals surface area contributed by atoms with Gasteiger partial charge in [0.25, 0.3) is 0 Å². The van der Waals surface area contributed by atoms with E-state index in [1.165, 1.54) is 11.9 Å². The lowest BCUT2D eigenvalue weighted by Gasteiger charge is -2.44. The van der Waals surface area contributed by atoms with E-state index in [0.717, 1.165) is 0 Å². The maximum atomic E-state index is 10.9. The molecule has 0 aromatic carbocycles. The summed E-state index contributed by atoms with van der Waals surface area (Å²) in [7, 11) is 1.45. The molecule has 0 aliphatic carbocycles. The van der Waals surface area contributed by atoms with Gasteiger partial charge in [-0.15, -0.1) is 0 Å². The molecule has 0 aromatic heterocycles. The molecule has 5 fully saturated rings.